The van der Waals surface area contributed by atoms with Crippen LogP contribution in [0.1, 0.15) is 50.5 Å². The molecule has 132 valence electrons. The van der Waals surface area contributed by atoms with Gasteiger partial charge in [-0.15, -0.1) is 0 Å². The number of ether oxygens (including phenoxy) is 2. The van der Waals surface area contributed by atoms with E-state index >= 15 is 0 Å². The second kappa shape index (κ2) is 8.38. The largest absolute Gasteiger partial charge is 0.493 e. The molecular weight excluding hydrogens is 304 g/mol. The van der Waals surface area contributed by atoms with E-state index in [1.165, 1.54) is 12.8 Å². The second-order valence-corrected chi connectivity index (χ2v) is 6.73. The minimum Gasteiger partial charge on any atom is -0.493 e. The Morgan fingerprint density at radius 3 is 2.67 bits per heavy atom. The molecule has 3 rings (SSSR count). The molecule has 1 unspecified atom stereocenters. The Labute approximate surface area is 144 Å². The van der Waals surface area contributed by atoms with E-state index in [0.29, 0.717) is 6.54 Å². The lowest BCUT2D eigenvalue weighted by Crippen LogP contribution is -2.46. The van der Waals surface area contributed by atoms with Crippen molar-refractivity contribution in [3.63, 3.8) is 0 Å². The van der Waals surface area contributed by atoms with Crippen LogP contribution in [0.15, 0.2) is 18.2 Å². The topological polar surface area (TPSA) is 59.6 Å². The molecular formula is C19H28N2O3. The summed E-state index contributed by atoms with van der Waals surface area (Å²) in [7, 11) is 1.66. The number of piperidine rings is 1. The zero-order valence-corrected chi connectivity index (χ0v) is 14.5. The summed E-state index contributed by atoms with van der Waals surface area (Å²) in [5.74, 6) is 1.63. The third kappa shape index (κ3) is 4.41. The quantitative estimate of drug-likeness (QED) is 0.841. The average Bonchev–Trinajstić information content (AvgIpc) is 3.13. The van der Waals surface area contributed by atoms with Crippen molar-refractivity contribution in [2.45, 2.75) is 63.6 Å². The van der Waals surface area contributed by atoms with Gasteiger partial charge >= 0.3 is 0 Å². The van der Waals surface area contributed by atoms with Gasteiger partial charge in [-0.3, -0.25) is 4.79 Å². The van der Waals surface area contributed by atoms with E-state index < -0.39 is 0 Å². The first-order valence-electron chi connectivity index (χ1n) is 9.11. The third-order valence-electron chi connectivity index (χ3n) is 4.92. The maximum atomic E-state index is 12.2. The van der Waals surface area contributed by atoms with Crippen LogP contribution >= 0.6 is 0 Å². The predicted octanol–water partition coefficient (Wildman–Crippen LogP) is 2.77. The Balaban J connectivity index is 1.59. The molecule has 2 N–H and O–H groups in total. The molecule has 2 aliphatic rings. The van der Waals surface area contributed by atoms with Gasteiger partial charge in [0.05, 0.1) is 19.3 Å². The molecule has 1 heterocycles. The lowest BCUT2D eigenvalue weighted by molar-refractivity contribution is -0.123. The summed E-state index contributed by atoms with van der Waals surface area (Å²) >= 11 is 0. The van der Waals surface area contributed by atoms with Gasteiger partial charge < -0.3 is 20.1 Å². The van der Waals surface area contributed by atoms with Crippen molar-refractivity contribution in [1.29, 1.82) is 0 Å². The molecule has 1 aliphatic carbocycles. The Morgan fingerprint density at radius 1 is 1.17 bits per heavy atom. The summed E-state index contributed by atoms with van der Waals surface area (Å²) in [4.78, 5) is 12.2. The van der Waals surface area contributed by atoms with Crippen LogP contribution in [0.5, 0.6) is 11.5 Å². The Hall–Kier alpha value is -1.75. The van der Waals surface area contributed by atoms with Crippen LogP contribution in [0.3, 0.4) is 0 Å². The van der Waals surface area contributed by atoms with Gasteiger partial charge in [0.2, 0.25) is 5.91 Å². The number of nitrogens with one attached hydrogen (secondary N) is 2. The molecule has 1 saturated carbocycles. The number of rotatable bonds is 6. The van der Waals surface area contributed by atoms with Crippen LogP contribution in [-0.4, -0.2) is 31.7 Å². The molecule has 1 atom stereocenters. The van der Waals surface area contributed by atoms with Crippen molar-refractivity contribution in [1.82, 2.24) is 10.6 Å². The number of carbonyl (C=O) groups is 1. The molecule has 0 bridgehead atoms. The standard InChI is InChI=1S/C19H28N2O3/c1-23-17-10-9-14(12-18(17)24-15-6-2-3-7-15)13-21-19(22)16-8-4-5-11-20-16/h9-10,12,15-16,20H,2-8,11,13H2,1H3,(H,21,22). The lowest BCUT2D eigenvalue weighted by Gasteiger charge is -2.22. The normalized spacial score (nSPS) is 21.5. The summed E-state index contributed by atoms with van der Waals surface area (Å²) in [6, 6.07) is 5.84. The molecule has 24 heavy (non-hydrogen) atoms. The minimum atomic E-state index is -0.0498. The van der Waals surface area contributed by atoms with Gasteiger partial charge in [-0.2, -0.15) is 0 Å². The first-order chi connectivity index (χ1) is 11.8. The van der Waals surface area contributed by atoms with Crippen molar-refractivity contribution in [3.8, 4) is 11.5 Å². The third-order valence-corrected chi connectivity index (χ3v) is 4.92. The van der Waals surface area contributed by atoms with Gasteiger partial charge in [-0.25, -0.2) is 0 Å². The van der Waals surface area contributed by atoms with E-state index in [1.807, 2.05) is 18.2 Å². The van der Waals surface area contributed by atoms with E-state index in [1.54, 1.807) is 7.11 Å². The van der Waals surface area contributed by atoms with Crippen LogP contribution in [-0.2, 0) is 11.3 Å². The van der Waals surface area contributed by atoms with E-state index in [0.717, 1.165) is 55.7 Å². The highest BCUT2D eigenvalue weighted by Crippen LogP contribution is 2.32. The SMILES string of the molecule is COc1ccc(CNC(=O)C2CCCCN2)cc1OC1CCCC1. The molecule has 5 heteroatoms. The molecule has 0 spiro atoms. The molecule has 0 radical (unpaired) electrons. The van der Waals surface area contributed by atoms with Crippen LogP contribution in [0.25, 0.3) is 0 Å². The second-order valence-electron chi connectivity index (χ2n) is 6.73. The molecule has 1 aliphatic heterocycles. The number of hydrogen-bond acceptors (Lipinski definition) is 4. The predicted molar refractivity (Wildman–Crippen MR) is 93.4 cm³/mol. The summed E-state index contributed by atoms with van der Waals surface area (Å²) in [6.07, 6.45) is 8.17. The lowest BCUT2D eigenvalue weighted by atomic mass is 10.0. The fourth-order valence-corrected chi connectivity index (χ4v) is 3.50. The summed E-state index contributed by atoms with van der Waals surface area (Å²) in [6.45, 7) is 1.45. The van der Waals surface area contributed by atoms with E-state index in [9.17, 15) is 4.79 Å². The van der Waals surface area contributed by atoms with Gasteiger partial charge in [-0.1, -0.05) is 12.5 Å². The number of methoxy groups -OCH3 is 1. The summed E-state index contributed by atoms with van der Waals surface area (Å²) < 4.78 is 11.5. The smallest absolute Gasteiger partial charge is 0.237 e. The van der Waals surface area contributed by atoms with Crippen molar-refractivity contribution in [2.24, 2.45) is 0 Å². The zero-order valence-electron chi connectivity index (χ0n) is 14.5. The van der Waals surface area contributed by atoms with Gasteiger partial charge in [0.15, 0.2) is 11.5 Å². The van der Waals surface area contributed by atoms with Gasteiger partial charge in [0.25, 0.3) is 0 Å². The van der Waals surface area contributed by atoms with Gasteiger partial charge in [-0.05, 0) is 62.8 Å². The first kappa shape index (κ1) is 17.1. The summed E-state index contributed by atoms with van der Waals surface area (Å²) in [5, 5.41) is 6.31. The van der Waals surface area contributed by atoms with Gasteiger partial charge in [0.1, 0.15) is 0 Å². The monoisotopic (exact) mass is 332 g/mol. The molecule has 1 amide bonds. The highest BCUT2D eigenvalue weighted by atomic mass is 16.5. The highest BCUT2D eigenvalue weighted by Gasteiger charge is 2.21. The molecule has 2 fully saturated rings. The first-order valence-corrected chi connectivity index (χ1v) is 9.11. The minimum absolute atomic E-state index is 0.0498. The summed E-state index contributed by atoms with van der Waals surface area (Å²) in [5.41, 5.74) is 1.04. The van der Waals surface area contributed by atoms with E-state index in [4.69, 9.17) is 9.47 Å². The number of hydrogen-bond donors (Lipinski definition) is 2. The average molecular weight is 332 g/mol. The molecule has 0 aromatic heterocycles. The van der Waals surface area contributed by atoms with Crippen LogP contribution in [0, 0.1) is 0 Å². The maximum Gasteiger partial charge on any atom is 0.237 e. The Morgan fingerprint density at radius 2 is 1.96 bits per heavy atom. The zero-order chi connectivity index (χ0) is 16.8. The van der Waals surface area contributed by atoms with Crippen molar-refractivity contribution in [3.05, 3.63) is 23.8 Å². The van der Waals surface area contributed by atoms with Crippen molar-refractivity contribution in [2.75, 3.05) is 13.7 Å². The Kier molecular flexibility index (Phi) is 5.96. The number of carbonyl (C=O) groups excluding carboxylic acids is 1. The molecule has 1 aromatic carbocycles. The number of amides is 1. The fourth-order valence-electron chi connectivity index (χ4n) is 3.50. The van der Waals surface area contributed by atoms with Crippen molar-refractivity contribution >= 4 is 5.91 Å². The molecule has 1 saturated heterocycles. The molecule has 5 nitrogen and oxygen atoms in total. The van der Waals surface area contributed by atoms with Crippen LogP contribution in [0.2, 0.25) is 0 Å². The number of benzene rings is 1. The molecule has 1 aromatic rings. The van der Waals surface area contributed by atoms with E-state index in [2.05, 4.69) is 10.6 Å². The van der Waals surface area contributed by atoms with Crippen LogP contribution in [0.4, 0.5) is 0 Å². The van der Waals surface area contributed by atoms with E-state index in [-0.39, 0.29) is 18.1 Å². The van der Waals surface area contributed by atoms with Gasteiger partial charge in [0, 0.05) is 6.54 Å². The van der Waals surface area contributed by atoms with Crippen molar-refractivity contribution < 1.29 is 14.3 Å². The fraction of sp³-hybridized carbons (Fsp3) is 0.632. The van der Waals surface area contributed by atoms with Crippen LogP contribution < -0.4 is 20.1 Å². The highest BCUT2D eigenvalue weighted by molar-refractivity contribution is 5.81. The Bertz CT molecular complexity index is 550. The maximum absolute atomic E-state index is 12.2.